The van der Waals surface area contributed by atoms with E-state index in [1.165, 1.54) is 37.2 Å². The van der Waals surface area contributed by atoms with Gasteiger partial charge in [-0.25, -0.2) is 4.98 Å². The van der Waals surface area contributed by atoms with Gasteiger partial charge in [0, 0.05) is 30.0 Å². The molecular weight excluding hydrogens is 210 g/mol. The molecule has 0 atom stereocenters. The van der Waals surface area contributed by atoms with E-state index in [-0.39, 0.29) is 6.61 Å². The van der Waals surface area contributed by atoms with E-state index in [1.807, 2.05) is 0 Å². The van der Waals surface area contributed by atoms with E-state index in [0.717, 1.165) is 11.0 Å². The van der Waals surface area contributed by atoms with Gasteiger partial charge in [-0.1, -0.05) is 0 Å². The predicted molar refractivity (Wildman–Crippen MR) is 59.3 cm³/mol. The van der Waals surface area contributed by atoms with E-state index >= 15 is 0 Å². The van der Waals surface area contributed by atoms with E-state index < -0.39 is 0 Å². The van der Waals surface area contributed by atoms with Crippen molar-refractivity contribution in [2.45, 2.75) is 37.6 Å². The van der Waals surface area contributed by atoms with Gasteiger partial charge in [-0.2, -0.15) is 4.37 Å². The van der Waals surface area contributed by atoms with Gasteiger partial charge in [-0.15, -0.1) is 0 Å². The molecule has 2 aliphatic rings. The predicted octanol–water partition coefficient (Wildman–Crippen LogP) is 1.38. The van der Waals surface area contributed by atoms with Crippen LogP contribution in [0.4, 0.5) is 5.13 Å². The van der Waals surface area contributed by atoms with Gasteiger partial charge in [0.25, 0.3) is 0 Å². The maximum atomic E-state index is 9.02. The number of hydrogen-bond donors (Lipinski definition) is 1. The summed E-state index contributed by atoms with van der Waals surface area (Å²) in [4.78, 5) is 6.79. The third-order valence-corrected chi connectivity index (χ3v) is 3.72. The molecule has 1 aromatic rings. The van der Waals surface area contributed by atoms with E-state index in [0.29, 0.717) is 18.5 Å². The standard InChI is InChI=1S/C10H15N3OS/c14-6-5-13(8-3-4-8)10-11-9(12-15-10)7-1-2-7/h7-8,14H,1-6H2. The minimum atomic E-state index is 0.203. The fourth-order valence-electron chi connectivity index (χ4n) is 1.78. The van der Waals surface area contributed by atoms with Crippen molar-refractivity contribution in [3.8, 4) is 0 Å². The van der Waals surface area contributed by atoms with Gasteiger partial charge in [-0.3, -0.25) is 0 Å². The first-order valence-electron chi connectivity index (χ1n) is 5.59. The van der Waals surface area contributed by atoms with Crippen molar-refractivity contribution >= 4 is 16.7 Å². The van der Waals surface area contributed by atoms with Crippen LogP contribution in [0, 0.1) is 0 Å². The highest BCUT2D eigenvalue weighted by atomic mass is 32.1. The molecule has 15 heavy (non-hydrogen) atoms. The van der Waals surface area contributed by atoms with Gasteiger partial charge in [0.2, 0.25) is 5.13 Å². The molecule has 0 bridgehead atoms. The molecule has 0 spiro atoms. The average Bonchev–Trinajstić information content (AvgIpc) is 3.13. The Labute approximate surface area is 93.1 Å². The first kappa shape index (κ1) is 9.54. The smallest absolute Gasteiger partial charge is 0.205 e. The van der Waals surface area contributed by atoms with Crippen LogP contribution in [0.3, 0.4) is 0 Å². The molecule has 0 amide bonds. The number of aliphatic hydroxyl groups is 1. The minimum absolute atomic E-state index is 0.203. The quantitative estimate of drug-likeness (QED) is 0.822. The Morgan fingerprint density at radius 3 is 2.73 bits per heavy atom. The molecule has 2 aliphatic carbocycles. The van der Waals surface area contributed by atoms with Crippen LogP contribution < -0.4 is 4.90 Å². The summed E-state index contributed by atoms with van der Waals surface area (Å²) in [5, 5.41) is 10.0. The number of aromatic nitrogens is 2. The summed E-state index contributed by atoms with van der Waals surface area (Å²) < 4.78 is 4.40. The van der Waals surface area contributed by atoms with E-state index in [1.54, 1.807) is 0 Å². The van der Waals surface area contributed by atoms with E-state index in [4.69, 9.17) is 5.11 Å². The summed E-state index contributed by atoms with van der Waals surface area (Å²) in [6.45, 7) is 0.902. The lowest BCUT2D eigenvalue weighted by atomic mass is 10.4. The molecule has 5 heteroatoms. The monoisotopic (exact) mass is 225 g/mol. The molecule has 1 aromatic heterocycles. The van der Waals surface area contributed by atoms with Crippen molar-refractivity contribution in [3.63, 3.8) is 0 Å². The zero-order valence-corrected chi connectivity index (χ0v) is 9.41. The second kappa shape index (κ2) is 3.72. The van der Waals surface area contributed by atoms with Crippen LogP contribution in [-0.2, 0) is 0 Å². The van der Waals surface area contributed by atoms with Gasteiger partial charge >= 0.3 is 0 Å². The number of nitrogens with zero attached hydrogens (tertiary/aromatic N) is 3. The molecule has 0 aliphatic heterocycles. The van der Waals surface area contributed by atoms with Gasteiger partial charge < -0.3 is 10.0 Å². The highest BCUT2D eigenvalue weighted by molar-refractivity contribution is 7.09. The fourth-order valence-corrected chi connectivity index (χ4v) is 2.62. The summed E-state index contributed by atoms with van der Waals surface area (Å²) in [5.74, 6) is 1.66. The lowest BCUT2D eigenvalue weighted by Crippen LogP contribution is -2.28. The van der Waals surface area contributed by atoms with Crippen molar-refractivity contribution in [2.24, 2.45) is 0 Å². The van der Waals surface area contributed by atoms with E-state index in [2.05, 4.69) is 14.3 Å². The number of aliphatic hydroxyl groups excluding tert-OH is 1. The fraction of sp³-hybridized carbons (Fsp3) is 0.800. The minimum Gasteiger partial charge on any atom is -0.395 e. The molecule has 2 fully saturated rings. The molecule has 0 unspecified atom stereocenters. The molecule has 0 radical (unpaired) electrons. The van der Waals surface area contributed by atoms with Crippen LogP contribution in [-0.4, -0.2) is 33.7 Å². The van der Waals surface area contributed by atoms with Crippen LogP contribution in [0.1, 0.15) is 37.4 Å². The van der Waals surface area contributed by atoms with Crippen molar-refractivity contribution in [1.29, 1.82) is 0 Å². The Balaban J connectivity index is 1.75. The van der Waals surface area contributed by atoms with Crippen LogP contribution in [0.2, 0.25) is 0 Å². The average molecular weight is 225 g/mol. The molecule has 3 rings (SSSR count). The Kier molecular flexibility index (Phi) is 2.36. The Morgan fingerprint density at radius 2 is 2.13 bits per heavy atom. The van der Waals surface area contributed by atoms with Crippen molar-refractivity contribution in [2.75, 3.05) is 18.1 Å². The second-order valence-electron chi connectivity index (χ2n) is 4.36. The summed E-state index contributed by atoms with van der Waals surface area (Å²) in [6.07, 6.45) is 4.97. The third-order valence-electron chi connectivity index (χ3n) is 2.95. The first-order valence-corrected chi connectivity index (χ1v) is 6.37. The summed E-state index contributed by atoms with van der Waals surface area (Å²) in [5.41, 5.74) is 0. The SMILES string of the molecule is OCCN(c1nc(C2CC2)ns1)C1CC1. The van der Waals surface area contributed by atoms with E-state index in [9.17, 15) is 0 Å². The molecule has 1 heterocycles. The van der Waals surface area contributed by atoms with Gasteiger partial charge in [0.15, 0.2) is 0 Å². The highest BCUT2D eigenvalue weighted by Crippen LogP contribution is 2.40. The Bertz CT molecular complexity index is 346. The maximum Gasteiger partial charge on any atom is 0.205 e. The van der Waals surface area contributed by atoms with Crippen molar-refractivity contribution in [3.05, 3.63) is 5.82 Å². The molecule has 2 saturated carbocycles. The van der Waals surface area contributed by atoms with Crippen LogP contribution >= 0.6 is 11.5 Å². The topological polar surface area (TPSA) is 49.2 Å². The van der Waals surface area contributed by atoms with Crippen molar-refractivity contribution < 1.29 is 5.11 Å². The number of anilines is 1. The summed E-state index contributed by atoms with van der Waals surface area (Å²) in [7, 11) is 0. The molecule has 1 N–H and O–H groups in total. The second-order valence-corrected chi connectivity index (χ2v) is 5.09. The zero-order valence-electron chi connectivity index (χ0n) is 8.59. The van der Waals surface area contributed by atoms with Crippen LogP contribution in [0.15, 0.2) is 0 Å². The number of hydrogen-bond acceptors (Lipinski definition) is 5. The molecule has 0 saturated heterocycles. The number of rotatable bonds is 5. The summed E-state index contributed by atoms with van der Waals surface area (Å²) in [6, 6.07) is 0.608. The maximum absolute atomic E-state index is 9.02. The van der Waals surface area contributed by atoms with Gasteiger partial charge in [0.1, 0.15) is 5.82 Å². The molecule has 0 aromatic carbocycles. The first-order chi connectivity index (χ1) is 7.38. The lowest BCUT2D eigenvalue weighted by Gasteiger charge is -2.19. The molecular formula is C10H15N3OS. The zero-order chi connectivity index (χ0) is 10.3. The van der Waals surface area contributed by atoms with Crippen molar-refractivity contribution in [1.82, 2.24) is 9.36 Å². The Hall–Kier alpha value is -0.680. The normalized spacial score (nSPS) is 20.6. The third kappa shape index (κ3) is 1.99. The van der Waals surface area contributed by atoms with Crippen LogP contribution in [0.5, 0.6) is 0 Å². The van der Waals surface area contributed by atoms with Gasteiger partial charge in [-0.05, 0) is 25.7 Å². The Morgan fingerprint density at radius 1 is 1.33 bits per heavy atom. The van der Waals surface area contributed by atoms with Gasteiger partial charge in [0.05, 0.1) is 6.61 Å². The lowest BCUT2D eigenvalue weighted by molar-refractivity contribution is 0.301. The summed E-state index contributed by atoms with van der Waals surface area (Å²) >= 11 is 1.49. The molecule has 82 valence electrons. The highest BCUT2D eigenvalue weighted by Gasteiger charge is 2.33. The molecule has 4 nitrogen and oxygen atoms in total. The largest absolute Gasteiger partial charge is 0.395 e. The van der Waals surface area contributed by atoms with Crippen LogP contribution in [0.25, 0.3) is 0 Å².